The van der Waals surface area contributed by atoms with Gasteiger partial charge in [0.25, 0.3) is 0 Å². The Morgan fingerprint density at radius 2 is 1.60 bits per heavy atom. The molecule has 0 saturated heterocycles. The fourth-order valence-corrected chi connectivity index (χ4v) is 2.86. The van der Waals surface area contributed by atoms with Crippen LogP contribution in [0.1, 0.15) is 58.2 Å². The lowest BCUT2D eigenvalue weighted by atomic mass is 9.73. The van der Waals surface area contributed by atoms with Crippen molar-refractivity contribution in [1.82, 2.24) is 0 Å². The second kappa shape index (κ2) is 5.75. The maximum Gasteiger partial charge on any atom is 0.365 e. The Hall–Kier alpha value is -1.05. The van der Waals surface area contributed by atoms with Crippen LogP contribution < -0.4 is 4.52 Å². The van der Waals surface area contributed by atoms with Gasteiger partial charge in [-0.25, -0.2) is 4.57 Å². The molecule has 0 aromatic heterocycles. The second-order valence-corrected chi connectivity index (χ2v) is 7.71. The van der Waals surface area contributed by atoms with E-state index >= 15 is 0 Å². The van der Waals surface area contributed by atoms with E-state index in [4.69, 9.17) is 9.42 Å². The van der Waals surface area contributed by atoms with Crippen LogP contribution in [-0.2, 0) is 15.4 Å². The first-order chi connectivity index (χ1) is 8.98. The van der Waals surface area contributed by atoms with E-state index in [1.807, 2.05) is 12.1 Å². The third-order valence-electron chi connectivity index (χ3n) is 3.12. The second-order valence-electron chi connectivity index (χ2n) is 6.98. The molecule has 1 atom stereocenters. The Morgan fingerprint density at radius 3 is 1.95 bits per heavy atom. The van der Waals surface area contributed by atoms with E-state index in [0.717, 1.165) is 16.7 Å². The van der Waals surface area contributed by atoms with Crippen LogP contribution in [0.2, 0.25) is 0 Å². The molecule has 1 rings (SSSR count). The van der Waals surface area contributed by atoms with Gasteiger partial charge in [0, 0.05) is 5.56 Å². The topological polar surface area (TPSA) is 46.5 Å². The van der Waals surface area contributed by atoms with Crippen LogP contribution in [0.15, 0.2) is 18.7 Å². The third-order valence-corrected chi connectivity index (χ3v) is 3.51. The van der Waals surface area contributed by atoms with Gasteiger partial charge in [0.05, 0.1) is 0 Å². The maximum atomic E-state index is 11.1. The summed E-state index contributed by atoms with van der Waals surface area (Å²) < 4.78 is 16.3. The van der Waals surface area contributed by atoms with Crippen molar-refractivity contribution in [3.05, 3.63) is 35.4 Å². The minimum absolute atomic E-state index is 0.114. The first kappa shape index (κ1) is 17.0. The smallest absolute Gasteiger partial charge is 0.365 e. The van der Waals surface area contributed by atoms with Crippen LogP contribution in [0, 0.1) is 0 Å². The van der Waals surface area contributed by atoms with Crippen LogP contribution in [0.4, 0.5) is 0 Å². The Labute approximate surface area is 122 Å². The molecular weight excluding hydrogens is 271 g/mol. The largest absolute Gasteiger partial charge is 0.426 e. The van der Waals surface area contributed by atoms with Crippen molar-refractivity contribution in [2.24, 2.45) is 0 Å². The van der Waals surface area contributed by atoms with E-state index in [2.05, 4.69) is 48.1 Å². The van der Waals surface area contributed by atoms with Crippen molar-refractivity contribution in [2.75, 3.05) is 0 Å². The highest BCUT2D eigenvalue weighted by Crippen LogP contribution is 2.43. The van der Waals surface area contributed by atoms with Gasteiger partial charge >= 0.3 is 8.25 Å². The van der Waals surface area contributed by atoms with Gasteiger partial charge in [-0.3, -0.25) is 0 Å². The Balaban J connectivity index is 3.75. The molecule has 1 N–H and O–H groups in total. The number of hydrogen-bond donors (Lipinski definition) is 1. The molecule has 1 aromatic carbocycles. The molecule has 0 spiro atoms. The van der Waals surface area contributed by atoms with Crippen LogP contribution in [-0.4, -0.2) is 4.89 Å². The summed E-state index contributed by atoms with van der Waals surface area (Å²) in [4.78, 5) is 9.12. The van der Waals surface area contributed by atoms with Gasteiger partial charge in [0.15, 0.2) is 0 Å². The zero-order valence-corrected chi connectivity index (χ0v) is 14.2. The molecule has 112 valence electrons. The summed E-state index contributed by atoms with van der Waals surface area (Å²) in [5.41, 5.74) is 2.80. The summed E-state index contributed by atoms with van der Waals surface area (Å²) in [5.74, 6) is 0.486. The maximum absolute atomic E-state index is 11.1. The molecule has 0 aliphatic carbocycles. The van der Waals surface area contributed by atoms with Crippen LogP contribution in [0.25, 0.3) is 6.08 Å². The number of benzene rings is 1. The van der Waals surface area contributed by atoms with Crippen molar-refractivity contribution in [2.45, 2.75) is 52.4 Å². The SMILES string of the molecule is C=Cc1ccc(O[PH](=O)O)c(C(C)(C)C)c1C(C)(C)C. The quantitative estimate of drug-likeness (QED) is 0.823. The summed E-state index contributed by atoms with van der Waals surface area (Å²) >= 11 is 0. The van der Waals surface area contributed by atoms with E-state index in [9.17, 15) is 4.57 Å². The lowest BCUT2D eigenvalue weighted by Crippen LogP contribution is -2.24. The highest BCUT2D eigenvalue weighted by atomic mass is 31.1. The Morgan fingerprint density at radius 1 is 1.10 bits per heavy atom. The minimum Gasteiger partial charge on any atom is -0.426 e. The summed E-state index contributed by atoms with van der Waals surface area (Å²) in [7, 11) is -3.03. The van der Waals surface area contributed by atoms with Gasteiger partial charge in [0.1, 0.15) is 5.75 Å². The molecule has 0 aliphatic rings. The predicted molar refractivity (Wildman–Crippen MR) is 85.8 cm³/mol. The van der Waals surface area contributed by atoms with Crippen molar-refractivity contribution in [3.8, 4) is 5.75 Å². The highest BCUT2D eigenvalue weighted by Gasteiger charge is 2.30. The molecule has 0 fully saturated rings. The third kappa shape index (κ3) is 3.74. The van der Waals surface area contributed by atoms with Crippen molar-refractivity contribution in [1.29, 1.82) is 0 Å². The summed E-state index contributed by atoms with van der Waals surface area (Å²) in [6.07, 6.45) is 1.82. The standard InChI is InChI=1S/C16H25O3P/c1-8-11-9-10-12(19-20(17)18)14(16(5,6)7)13(11)15(2,3)4/h8-10,20H,1H2,2-7H3,(H,17,18). The van der Waals surface area contributed by atoms with Crippen molar-refractivity contribution < 1.29 is 14.0 Å². The van der Waals surface area contributed by atoms with Crippen molar-refractivity contribution in [3.63, 3.8) is 0 Å². The van der Waals surface area contributed by atoms with E-state index in [0.29, 0.717) is 5.75 Å². The zero-order valence-electron chi connectivity index (χ0n) is 13.2. The molecule has 20 heavy (non-hydrogen) atoms. The Bertz CT molecular complexity index is 534. The van der Waals surface area contributed by atoms with Gasteiger partial charge in [-0.2, -0.15) is 0 Å². The average molecular weight is 296 g/mol. The van der Waals surface area contributed by atoms with Gasteiger partial charge in [-0.15, -0.1) is 0 Å². The molecule has 3 nitrogen and oxygen atoms in total. The molecule has 0 bridgehead atoms. The molecule has 0 heterocycles. The first-order valence-corrected chi connectivity index (χ1v) is 7.96. The molecule has 4 heteroatoms. The number of rotatable bonds is 3. The van der Waals surface area contributed by atoms with E-state index < -0.39 is 8.25 Å². The first-order valence-electron chi connectivity index (χ1n) is 6.69. The summed E-state index contributed by atoms with van der Waals surface area (Å²) in [6, 6.07) is 3.65. The van der Waals surface area contributed by atoms with Crippen molar-refractivity contribution >= 4 is 14.3 Å². The van der Waals surface area contributed by atoms with E-state index in [1.54, 1.807) is 6.07 Å². The lowest BCUT2D eigenvalue weighted by Gasteiger charge is -2.33. The average Bonchev–Trinajstić information content (AvgIpc) is 2.24. The van der Waals surface area contributed by atoms with E-state index in [1.165, 1.54) is 0 Å². The summed E-state index contributed by atoms with van der Waals surface area (Å²) in [6.45, 7) is 16.5. The fourth-order valence-electron chi connectivity index (χ4n) is 2.50. The van der Waals surface area contributed by atoms with Crippen LogP contribution in [0.5, 0.6) is 5.75 Å². The van der Waals surface area contributed by atoms with Crippen LogP contribution in [0.3, 0.4) is 0 Å². The fraction of sp³-hybridized carbons (Fsp3) is 0.500. The molecule has 1 unspecified atom stereocenters. The van der Waals surface area contributed by atoms with E-state index in [-0.39, 0.29) is 10.8 Å². The van der Waals surface area contributed by atoms with Gasteiger partial charge in [-0.05, 0) is 28.0 Å². The highest BCUT2D eigenvalue weighted by molar-refractivity contribution is 7.32. The predicted octanol–water partition coefficient (Wildman–Crippen LogP) is 4.69. The molecule has 1 aromatic rings. The van der Waals surface area contributed by atoms with Crippen LogP contribution >= 0.6 is 8.25 Å². The molecule has 0 radical (unpaired) electrons. The minimum atomic E-state index is -3.03. The lowest BCUT2D eigenvalue weighted by molar-refractivity contribution is 0.401. The monoisotopic (exact) mass is 296 g/mol. The van der Waals surface area contributed by atoms with Gasteiger partial charge in [-0.1, -0.05) is 60.3 Å². The Kier molecular flexibility index (Phi) is 4.89. The molecular formula is C16H25O3P. The number of hydrogen-bond acceptors (Lipinski definition) is 2. The molecule has 0 amide bonds. The summed E-state index contributed by atoms with van der Waals surface area (Å²) in [5, 5.41) is 0. The van der Waals surface area contributed by atoms with Gasteiger partial charge < -0.3 is 9.42 Å². The zero-order chi connectivity index (χ0) is 15.7. The molecule has 0 aliphatic heterocycles. The normalized spacial score (nSPS) is 13.9. The van der Waals surface area contributed by atoms with Gasteiger partial charge in [0.2, 0.25) is 0 Å². The molecule has 0 saturated carbocycles.